The maximum absolute atomic E-state index is 12.8. The van der Waals surface area contributed by atoms with Gasteiger partial charge in [0.05, 0.1) is 17.1 Å². The minimum absolute atomic E-state index is 0.00435. The van der Waals surface area contributed by atoms with Crippen molar-refractivity contribution in [1.82, 2.24) is 9.97 Å². The van der Waals surface area contributed by atoms with Gasteiger partial charge in [0.25, 0.3) is 0 Å². The van der Waals surface area contributed by atoms with Crippen molar-refractivity contribution in [1.29, 1.82) is 0 Å². The number of aromatic nitrogens is 2. The highest BCUT2D eigenvalue weighted by atomic mass is 35.5. The second kappa shape index (κ2) is 3.89. The summed E-state index contributed by atoms with van der Waals surface area (Å²) in [4.78, 5) is 6.59. The molecule has 0 aliphatic heterocycles. The predicted octanol–water partition coefficient (Wildman–Crippen LogP) is 3.25. The Labute approximate surface area is 99.8 Å². The molecule has 1 aromatic heterocycles. The molecule has 1 atom stereocenters. The van der Waals surface area contributed by atoms with Crippen LogP contribution in [0.15, 0.2) is 12.1 Å². The van der Waals surface area contributed by atoms with E-state index in [0.29, 0.717) is 5.82 Å². The number of aromatic amines is 1. The zero-order valence-electron chi connectivity index (χ0n) is 8.77. The quantitative estimate of drug-likeness (QED) is 0.830. The first-order chi connectivity index (χ1) is 7.79. The number of halogens is 4. The van der Waals surface area contributed by atoms with Crippen LogP contribution in [0.1, 0.15) is 24.4 Å². The first-order valence-electron chi connectivity index (χ1n) is 4.81. The molecule has 0 spiro atoms. The van der Waals surface area contributed by atoms with Gasteiger partial charge in [0, 0.05) is 5.02 Å². The van der Waals surface area contributed by atoms with Crippen LogP contribution in [0.2, 0.25) is 5.02 Å². The van der Waals surface area contributed by atoms with Crippen molar-refractivity contribution in [2.24, 2.45) is 5.73 Å². The molecule has 2 rings (SSSR count). The van der Waals surface area contributed by atoms with Crippen LogP contribution in [0.3, 0.4) is 0 Å². The van der Waals surface area contributed by atoms with Crippen LogP contribution in [-0.2, 0) is 6.18 Å². The lowest BCUT2D eigenvalue weighted by atomic mass is 10.2. The van der Waals surface area contributed by atoms with E-state index in [2.05, 4.69) is 9.97 Å². The van der Waals surface area contributed by atoms with E-state index in [1.807, 2.05) is 0 Å². The fraction of sp³-hybridized carbons (Fsp3) is 0.300. The zero-order valence-corrected chi connectivity index (χ0v) is 9.52. The highest BCUT2D eigenvalue weighted by molar-refractivity contribution is 6.31. The summed E-state index contributed by atoms with van der Waals surface area (Å²) in [5, 5.41) is 0.00435. The number of fused-ring (bicyclic) bond motifs is 1. The molecule has 0 amide bonds. The molecule has 17 heavy (non-hydrogen) atoms. The van der Waals surface area contributed by atoms with Crippen LogP contribution in [0.5, 0.6) is 0 Å². The summed E-state index contributed by atoms with van der Waals surface area (Å²) in [5.41, 5.74) is 4.78. The molecule has 3 N–H and O–H groups in total. The molecule has 0 fully saturated rings. The highest BCUT2D eigenvalue weighted by Crippen LogP contribution is 2.36. The average molecular weight is 264 g/mol. The molecular formula is C10H9ClF3N3. The normalized spacial score (nSPS) is 14.2. The minimum atomic E-state index is -4.49. The third-order valence-corrected chi connectivity index (χ3v) is 2.52. The van der Waals surface area contributed by atoms with Crippen LogP contribution >= 0.6 is 11.6 Å². The van der Waals surface area contributed by atoms with Gasteiger partial charge in [-0.2, -0.15) is 13.2 Å². The lowest BCUT2D eigenvalue weighted by Crippen LogP contribution is -2.07. The molecule has 92 valence electrons. The number of H-pyrrole nitrogens is 1. The number of nitrogens with zero attached hydrogens (tertiary/aromatic N) is 1. The molecule has 1 aromatic carbocycles. The largest absolute Gasteiger partial charge is 0.418 e. The van der Waals surface area contributed by atoms with Crippen LogP contribution < -0.4 is 5.73 Å². The number of benzene rings is 1. The van der Waals surface area contributed by atoms with E-state index in [1.54, 1.807) is 6.92 Å². The standard InChI is InChI=1S/C10H9ClF3N3/c1-4(15)9-16-7-3-5(11)2-6(8(7)17-9)10(12,13)14/h2-4H,15H2,1H3,(H,16,17). The van der Waals surface area contributed by atoms with Gasteiger partial charge < -0.3 is 10.7 Å². The molecule has 7 heteroatoms. The lowest BCUT2D eigenvalue weighted by Gasteiger charge is -2.07. The van der Waals surface area contributed by atoms with E-state index in [4.69, 9.17) is 17.3 Å². The van der Waals surface area contributed by atoms with Gasteiger partial charge in [-0.1, -0.05) is 11.6 Å². The van der Waals surface area contributed by atoms with E-state index in [-0.39, 0.29) is 16.1 Å². The van der Waals surface area contributed by atoms with Gasteiger partial charge in [-0.25, -0.2) is 4.98 Å². The average Bonchev–Trinajstić information content (AvgIpc) is 2.58. The fourth-order valence-electron chi connectivity index (χ4n) is 1.53. The van der Waals surface area contributed by atoms with E-state index in [0.717, 1.165) is 6.07 Å². The molecule has 0 aliphatic carbocycles. The molecule has 0 bridgehead atoms. The minimum Gasteiger partial charge on any atom is -0.341 e. The van der Waals surface area contributed by atoms with Gasteiger partial charge >= 0.3 is 6.18 Å². The summed E-state index contributed by atoms with van der Waals surface area (Å²) >= 11 is 5.64. The van der Waals surface area contributed by atoms with E-state index < -0.39 is 17.8 Å². The summed E-state index contributed by atoms with van der Waals surface area (Å²) in [5.74, 6) is 0.299. The zero-order chi connectivity index (χ0) is 12.8. The smallest absolute Gasteiger partial charge is 0.341 e. The van der Waals surface area contributed by atoms with Crippen molar-refractivity contribution in [3.63, 3.8) is 0 Å². The Morgan fingerprint density at radius 3 is 2.59 bits per heavy atom. The van der Waals surface area contributed by atoms with Gasteiger partial charge in [0.15, 0.2) is 0 Å². The molecule has 0 aliphatic rings. The van der Waals surface area contributed by atoms with E-state index in [1.165, 1.54) is 6.07 Å². The number of nitrogens with one attached hydrogen (secondary N) is 1. The molecule has 0 saturated heterocycles. The molecule has 0 radical (unpaired) electrons. The second-order valence-corrected chi connectivity index (χ2v) is 4.19. The van der Waals surface area contributed by atoms with Crippen molar-refractivity contribution >= 4 is 22.6 Å². The van der Waals surface area contributed by atoms with Crippen molar-refractivity contribution in [3.8, 4) is 0 Å². The Morgan fingerprint density at radius 1 is 1.41 bits per heavy atom. The molecule has 0 saturated carbocycles. The molecule has 1 unspecified atom stereocenters. The van der Waals surface area contributed by atoms with Crippen molar-refractivity contribution in [2.75, 3.05) is 0 Å². The molecule has 3 nitrogen and oxygen atoms in total. The van der Waals surface area contributed by atoms with E-state index >= 15 is 0 Å². The predicted molar refractivity (Wildman–Crippen MR) is 58.7 cm³/mol. The van der Waals surface area contributed by atoms with Gasteiger partial charge in [-0.05, 0) is 19.1 Å². The summed E-state index contributed by atoms with van der Waals surface area (Å²) in [6, 6.07) is 1.78. The van der Waals surface area contributed by atoms with Gasteiger partial charge in [-0.3, -0.25) is 0 Å². The Hall–Kier alpha value is -1.27. The summed E-state index contributed by atoms with van der Waals surface area (Å²) < 4.78 is 38.3. The Morgan fingerprint density at radius 2 is 2.06 bits per heavy atom. The maximum Gasteiger partial charge on any atom is 0.418 e. The Kier molecular flexibility index (Phi) is 2.79. The number of rotatable bonds is 1. The molecule has 1 heterocycles. The summed E-state index contributed by atoms with van der Waals surface area (Å²) in [6.45, 7) is 1.63. The number of hydrogen-bond acceptors (Lipinski definition) is 2. The van der Waals surface area contributed by atoms with Crippen molar-refractivity contribution < 1.29 is 13.2 Å². The fourth-order valence-corrected chi connectivity index (χ4v) is 1.75. The van der Waals surface area contributed by atoms with Crippen LogP contribution in [0.25, 0.3) is 11.0 Å². The first kappa shape index (κ1) is 12.2. The number of alkyl halides is 3. The van der Waals surface area contributed by atoms with Gasteiger partial charge in [0.2, 0.25) is 0 Å². The third kappa shape index (κ3) is 2.23. The maximum atomic E-state index is 12.8. The second-order valence-electron chi connectivity index (χ2n) is 3.76. The summed E-state index contributed by atoms with van der Waals surface area (Å²) in [6.07, 6.45) is -4.49. The van der Waals surface area contributed by atoms with E-state index in [9.17, 15) is 13.2 Å². The van der Waals surface area contributed by atoms with Crippen LogP contribution in [-0.4, -0.2) is 9.97 Å². The van der Waals surface area contributed by atoms with Crippen LogP contribution in [0, 0.1) is 0 Å². The summed E-state index contributed by atoms with van der Waals surface area (Å²) in [7, 11) is 0. The van der Waals surface area contributed by atoms with Gasteiger partial charge in [-0.15, -0.1) is 0 Å². The van der Waals surface area contributed by atoms with Crippen LogP contribution in [0.4, 0.5) is 13.2 Å². The Bertz CT molecular complexity index is 560. The Balaban J connectivity index is 2.75. The lowest BCUT2D eigenvalue weighted by molar-refractivity contribution is -0.136. The number of imidazole rings is 1. The number of nitrogens with two attached hydrogens (primary N) is 1. The highest BCUT2D eigenvalue weighted by Gasteiger charge is 2.34. The van der Waals surface area contributed by atoms with Crippen molar-refractivity contribution in [3.05, 3.63) is 28.5 Å². The first-order valence-corrected chi connectivity index (χ1v) is 5.19. The molecule has 2 aromatic rings. The SMILES string of the molecule is CC(N)c1nc2c(C(F)(F)F)cc(Cl)cc2[nH]1. The third-order valence-electron chi connectivity index (χ3n) is 2.31. The monoisotopic (exact) mass is 263 g/mol. The van der Waals surface area contributed by atoms with Crippen molar-refractivity contribution in [2.45, 2.75) is 19.1 Å². The topological polar surface area (TPSA) is 54.7 Å². The molecular weight excluding hydrogens is 255 g/mol. The number of hydrogen-bond donors (Lipinski definition) is 2. The van der Waals surface area contributed by atoms with Gasteiger partial charge in [0.1, 0.15) is 11.3 Å².